The summed E-state index contributed by atoms with van der Waals surface area (Å²) in [7, 11) is 1.28. The van der Waals surface area contributed by atoms with Crippen LogP contribution in [0.1, 0.15) is 20.8 Å². The Bertz CT molecular complexity index is 1240. The largest absolute Gasteiger partial charge is 0.465 e. The van der Waals surface area contributed by atoms with E-state index in [4.69, 9.17) is 4.74 Å². The molecule has 0 spiro atoms. The van der Waals surface area contributed by atoms with Gasteiger partial charge >= 0.3 is 5.97 Å². The molecule has 0 saturated heterocycles. The Morgan fingerprint density at radius 3 is 2.53 bits per heavy atom. The molecule has 0 radical (unpaired) electrons. The van der Waals surface area contributed by atoms with E-state index in [0.29, 0.717) is 5.69 Å². The molecule has 0 aliphatic heterocycles. The van der Waals surface area contributed by atoms with Crippen LogP contribution in [0.15, 0.2) is 73.1 Å². The first kappa shape index (κ1) is 19.0. The maximum Gasteiger partial charge on any atom is 0.339 e. The van der Waals surface area contributed by atoms with Gasteiger partial charge in [-0.05, 0) is 30.3 Å². The van der Waals surface area contributed by atoms with Crippen molar-refractivity contribution in [3.63, 3.8) is 0 Å². The van der Waals surface area contributed by atoms with Gasteiger partial charge in [-0.15, -0.1) is 0 Å². The molecule has 0 bridgehead atoms. The van der Waals surface area contributed by atoms with Crippen molar-refractivity contribution in [2.45, 2.75) is 0 Å². The molecule has 148 valence electrons. The summed E-state index contributed by atoms with van der Waals surface area (Å²) in [6.07, 6.45) is 3.19. The Hall–Kier alpha value is -4.33. The summed E-state index contributed by atoms with van der Waals surface area (Å²) in [5.74, 6) is -0.769. The van der Waals surface area contributed by atoms with Gasteiger partial charge in [-0.1, -0.05) is 30.3 Å². The Morgan fingerprint density at radius 2 is 1.67 bits per heavy atom. The third kappa shape index (κ3) is 3.93. The van der Waals surface area contributed by atoms with Crippen molar-refractivity contribution in [2.24, 2.45) is 0 Å². The first-order chi connectivity index (χ1) is 14.7. The van der Waals surface area contributed by atoms with Gasteiger partial charge in [-0.3, -0.25) is 9.78 Å². The fourth-order valence-corrected chi connectivity index (χ4v) is 2.94. The molecule has 8 heteroatoms. The molecule has 0 atom stereocenters. The third-order valence-corrected chi connectivity index (χ3v) is 4.35. The molecule has 8 nitrogen and oxygen atoms in total. The number of fused-ring (bicyclic) bond motifs is 1. The van der Waals surface area contributed by atoms with E-state index < -0.39 is 11.9 Å². The molecule has 2 aromatic heterocycles. The number of ether oxygens (including phenoxy) is 1. The van der Waals surface area contributed by atoms with Crippen molar-refractivity contribution in [3.8, 4) is 0 Å². The number of esters is 1. The highest BCUT2D eigenvalue weighted by Gasteiger charge is 2.16. The number of amides is 1. The summed E-state index contributed by atoms with van der Waals surface area (Å²) in [5.41, 5.74) is 2.22. The zero-order chi connectivity index (χ0) is 20.9. The Balaban J connectivity index is 1.58. The molecule has 4 aromatic rings. The summed E-state index contributed by atoms with van der Waals surface area (Å²) < 4.78 is 4.75. The minimum atomic E-state index is -0.542. The Morgan fingerprint density at radius 1 is 0.867 bits per heavy atom. The number of rotatable bonds is 5. The maximum atomic E-state index is 12.7. The number of carbonyl (C=O) groups is 2. The van der Waals surface area contributed by atoms with E-state index in [2.05, 4.69) is 25.6 Å². The van der Waals surface area contributed by atoms with Gasteiger partial charge < -0.3 is 15.4 Å². The van der Waals surface area contributed by atoms with Gasteiger partial charge in [0.25, 0.3) is 5.91 Å². The first-order valence-corrected chi connectivity index (χ1v) is 9.08. The van der Waals surface area contributed by atoms with Crippen molar-refractivity contribution in [1.29, 1.82) is 0 Å². The van der Waals surface area contributed by atoms with E-state index in [1.807, 2.05) is 30.3 Å². The van der Waals surface area contributed by atoms with Crippen LogP contribution in [0, 0.1) is 0 Å². The Labute approximate surface area is 172 Å². The van der Waals surface area contributed by atoms with Gasteiger partial charge in [0.1, 0.15) is 5.69 Å². The summed E-state index contributed by atoms with van der Waals surface area (Å²) in [6, 6.07) is 17.6. The zero-order valence-corrected chi connectivity index (χ0v) is 16.0. The van der Waals surface area contributed by atoms with Gasteiger partial charge in [-0.2, -0.15) is 0 Å². The molecule has 0 saturated carbocycles. The number of carbonyl (C=O) groups excluding carboxylic acids is 2. The number of hydrogen-bond donors (Lipinski definition) is 2. The second kappa shape index (κ2) is 8.36. The molecule has 2 N–H and O–H groups in total. The monoisotopic (exact) mass is 399 g/mol. The average molecular weight is 399 g/mol. The summed E-state index contributed by atoms with van der Waals surface area (Å²) in [5, 5.41) is 6.77. The van der Waals surface area contributed by atoms with E-state index in [1.165, 1.54) is 19.4 Å². The lowest BCUT2D eigenvalue weighted by Crippen LogP contribution is -2.17. The highest BCUT2D eigenvalue weighted by atomic mass is 16.5. The van der Waals surface area contributed by atoms with Gasteiger partial charge in [0, 0.05) is 17.8 Å². The fourth-order valence-electron chi connectivity index (χ4n) is 2.94. The Kier molecular flexibility index (Phi) is 5.29. The number of aromatic nitrogens is 3. The van der Waals surface area contributed by atoms with Crippen LogP contribution >= 0.6 is 0 Å². The summed E-state index contributed by atoms with van der Waals surface area (Å²) >= 11 is 0. The van der Waals surface area contributed by atoms with Gasteiger partial charge in [0.15, 0.2) is 0 Å². The quantitative estimate of drug-likeness (QED) is 0.492. The molecule has 0 unspecified atom stereocenters. The van der Waals surface area contributed by atoms with Gasteiger partial charge in [0.05, 0.1) is 29.6 Å². The summed E-state index contributed by atoms with van der Waals surface area (Å²) in [6.45, 7) is 0. The van der Waals surface area contributed by atoms with E-state index in [9.17, 15) is 9.59 Å². The molecular formula is C22H17N5O3. The van der Waals surface area contributed by atoms with Crippen LogP contribution in [0.25, 0.3) is 10.9 Å². The molecule has 0 aliphatic carbocycles. The standard InChI is InChI=1S/C22H17N5O3/c1-30-21(29)15-8-2-3-9-16(15)25-20(28)18-11-13-24-22(27-18)26-17-10-4-6-14-7-5-12-23-19(14)17/h2-13H,1H3,(H,25,28)(H,24,26,27). The van der Waals surface area contributed by atoms with Crippen LogP contribution in [0.3, 0.4) is 0 Å². The van der Waals surface area contributed by atoms with Crippen LogP contribution < -0.4 is 10.6 Å². The van der Waals surface area contributed by atoms with Crippen molar-refractivity contribution < 1.29 is 14.3 Å². The minimum Gasteiger partial charge on any atom is -0.465 e. The lowest BCUT2D eigenvalue weighted by atomic mass is 10.1. The highest BCUT2D eigenvalue weighted by molar-refractivity contribution is 6.07. The van der Waals surface area contributed by atoms with E-state index in [0.717, 1.165) is 16.6 Å². The van der Waals surface area contributed by atoms with Crippen LogP contribution in [-0.4, -0.2) is 33.9 Å². The number of hydrogen-bond acceptors (Lipinski definition) is 7. The number of nitrogens with zero attached hydrogens (tertiary/aromatic N) is 3. The molecular weight excluding hydrogens is 382 g/mol. The molecule has 2 heterocycles. The first-order valence-electron chi connectivity index (χ1n) is 9.08. The van der Waals surface area contributed by atoms with E-state index in [-0.39, 0.29) is 17.2 Å². The lowest BCUT2D eigenvalue weighted by Gasteiger charge is -2.10. The maximum absolute atomic E-state index is 12.7. The molecule has 0 aliphatic rings. The van der Waals surface area contributed by atoms with Gasteiger partial charge in [-0.25, -0.2) is 14.8 Å². The number of benzene rings is 2. The van der Waals surface area contributed by atoms with Crippen LogP contribution in [0.5, 0.6) is 0 Å². The lowest BCUT2D eigenvalue weighted by molar-refractivity contribution is 0.0602. The second-order valence-corrected chi connectivity index (χ2v) is 6.26. The third-order valence-electron chi connectivity index (χ3n) is 4.35. The number of anilines is 3. The van der Waals surface area contributed by atoms with Crippen LogP contribution in [0.2, 0.25) is 0 Å². The minimum absolute atomic E-state index is 0.139. The predicted octanol–water partition coefficient (Wildman–Crippen LogP) is 3.81. The topological polar surface area (TPSA) is 106 Å². The fraction of sp³-hybridized carbons (Fsp3) is 0.0455. The predicted molar refractivity (Wildman–Crippen MR) is 113 cm³/mol. The van der Waals surface area contributed by atoms with Gasteiger partial charge in [0.2, 0.25) is 5.95 Å². The van der Waals surface area contributed by atoms with Crippen molar-refractivity contribution >= 4 is 40.1 Å². The summed E-state index contributed by atoms with van der Waals surface area (Å²) in [4.78, 5) is 37.5. The average Bonchev–Trinajstić information content (AvgIpc) is 2.79. The number of nitrogens with one attached hydrogen (secondary N) is 2. The zero-order valence-electron chi connectivity index (χ0n) is 16.0. The smallest absolute Gasteiger partial charge is 0.339 e. The van der Waals surface area contributed by atoms with Crippen molar-refractivity contribution in [1.82, 2.24) is 15.0 Å². The normalized spacial score (nSPS) is 10.4. The number of para-hydroxylation sites is 2. The van der Waals surface area contributed by atoms with E-state index in [1.54, 1.807) is 30.5 Å². The SMILES string of the molecule is COC(=O)c1ccccc1NC(=O)c1ccnc(Nc2cccc3cccnc23)n1. The molecule has 4 rings (SSSR count). The molecule has 30 heavy (non-hydrogen) atoms. The second-order valence-electron chi connectivity index (χ2n) is 6.26. The van der Waals surface area contributed by atoms with Crippen LogP contribution in [-0.2, 0) is 4.74 Å². The molecule has 1 amide bonds. The highest BCUT2D eigenvalue weighted by Crippen LogP contribution is 2.23. The van der Waals surface area contributed by atoms with Crippen molar-refractivity contribution in [2.75, 3.05) is 17.7 Å². The van der Waals surface area contributed by atoms with E-state index >= 15 is 0 Å². The van der Waals surface area contributed by atoms with Crippen molar-refractivity contribution in [3.05, 3.63) is 84.3 Å². The molecule has 2 aromatic carbocycles. The molecule has 0 fully saturated rings. The van der Waals surface area contributed by atoms with Crippen LogP contribution in [0.4, 0.5) is 17.3 Å². The number of methoxy groups -OCH3 is 1. The number of pyridine rings is 1.